The SMILES string of the molecule is c1ccc(C2(c3ccc(N(c4ccc(-n5c6ccccc6c6ccccc65)cc4)c4ccc(-c5ccc6oc7ccccc7c6c5)c5ccccc45)cc3)c3ccccc3-c3ccccc32)cc1. The van der Waals surface area contributed by atoms with E-state index in [1.807, 2.05) is 12.1 Å². The van der Waals surface area contributed by atoms with Crippen LogP contribution in [-0.4, -0.2) is 4.57 Å². The number of furan rings is 1. The highest BCUT2D eigenvalue weighted by atomic mass is 16.3. The van der Waals surface area contributed by atoms with Crippen LogP contribution in [0.15, 0.2) is 259 Å². The van der Waals surface area contributed by atoms with Crippen molar-refractivity contribution in [1.29, 1.82) is 0 Å². The lowest BCUT2D eigenvalue weighted by Crippen LogP contribution is -2.28. The van der Waals surface area contributed by atoms with Crippen LogP contribution in [0, 0.1) is 0 Å². The molecular formula is C65H42N2O. The van der Waals surface area contributed by atoms with Crippen LogP contribution in [0.5, 0.6) is 0 Å². The summed E-state index contributed by atoms with van der Waals surface area (Å²) in [6.07, 6.45) is 0. The number of nitrogens with zero attached hydrogens (tertiary/aromatic N) is 2. The van der Waals surface area contributed by atoms with E-state index < -0.39 is 5.41 Å². The fourth-order valence-electron chi connectivity index (χ4n) is 11.6. The first-order valence-corrected chi connectivity index (χ1v) is 23.4. The number of para-hydroxylation sites is 3. The van der Waals surface area contributed by atoms with Gasteiger partial charge in [-0.25, -0.2) is 0 Å². The molecule has 68 heavy (non-hydrogen) atoms. The van der Waals surface area contributed by atoms with Crippen LogP contribution in [0.25, 0.3) is 82.5 Å². The maximum Gasteiger partial charge on any atom is 0.135 e. The van der Waals surface area contributed by atoms with Crippen molar-refractivity contribution < 1.29 is 4.42 Å². The first-order valence-electron chi connectivity index (χ1n) is 23.4. The van der Waals surface area contributed by atoms with E-state index in [1.54, 1.807) is 0 Å². The molecule has 0 N–H and O–H groups in total. The van der Waals surface area contributed by atoms with Gasteiger partial charge in [-0.2, -0.15) is 0 Å². The standard InChI is InChI=1S/C65H42N2O/c1-2-16-44(17-3-1)65(58-25-11-6-19-51(58)52-20-7-12-26-59(52)65)45-31-33-46(34-32-45)66(47-35-37-48(38-36-47)67-60-27-13-8-22-54(60)55-23-9-14-28-61(55)67)62-40-39-49(50-18-4-5-21-53(50)62)43-30-41-64-57(42-43)56-24-10-15-29-63(56)68-64/h1-42H. The highest BCUT2D eigenvalue weighted by molar-refractivity contribution is 6.11. The van der Waals surface area contributed by atoms with Crippen molar-refractivity contribution in [3.63, 3.8) is 0 Å². The monoisotopic (exact) mass is 866 g/mol. The number of hydrogen-bond acceptors (Lipinski definition) is 2. The molecular weight excluding hydrogens is 825 g/mol. The second-order valence-corrected chi connectivity index (χ2v) is 18.0. The van der Waals surface area contributed by atoms with Gasteiger partial charge < -0.3 is 13.9 Å². The summed E-state index contributed by atoms with van der Waals surface area (Å²) in [5.74, 6) is 0. The average molecular weight is 867 g/mol. The summed E-state index contributed by atoms with van der Waals surface area (Å²) >= 11 is 0. The highest BCUT2D eigenvalue weighted by Crippen LogP contribution is 2.56. The molecule has 0 saturated carbocycles. The van der Waals surface area contributed by atoms with E-state index in [4.69, 9.17) is 4.42 Å². The molecule has 1 aliphatic carbocycles. The molecule has 0 bridgehead atoms. The van der Waals surface area contributed by atoms with Crippen molar-refractivity contribution in [3.8, 4) is 27.9 Å². The normalized spacial score (nSPS) is 12.8. The van der Waals surface area contributed by atoms with Crippen molar-refractivity contribution >= 4 is 71.6 Å². The molecule has 0 aliphatic heterocycles. The maximum atomic E-state index is 6.25. The molecule has 2 aromatic heterocycles. The summed E-state index contributed by atoms with van der Waals surface area (Å²) in [5, 5.41) is 7.10. The molecule has 11 aromatic carbocycles. The Morgan fingerprint density at radius 3 is 1.53 bits per heavy atom. The average Bonchev–Trinajstić information content (AvgIpc) is 4.06. The van der Waals surface area contributed by atoms with Crippen LogP contribution in [0.2, 0.25) is 0 Å². The van der Waals surface area contributed by atoms with Gasteiger partial charge in [-0.15, -0.1) is 0 Å². The zero-order chi connectivity index (χ0) is 44.8. The lowest BCUT2D eigenvalue weighted by atomic mass is 9.68. The van der Waals surface area contributed by atoms with Gasteiger partial charge in [0.15, 0.2) is 0 Å². The topological polar surface area (TPSA) is 21.3 Å². The lowest BCUT2D eigenvalue weighted by molar-refractivity contribution is 0.669. The van der Waals surface area contributed by atoms with Crippen molar-refractivity contribution in [3.05, 3.63) is 277 Å². The quantitative estimate of drug-likeness (QED) is 0.159. The third-order valence-corrected chi connectivity index (χ3v) is 14.5. The molecule has 0 spiro atoms. The molecule has 0 radical (unpaired) electrons. The van der Waals surface area contributed by atoms with Gasteiger partial charge in [0.25, 0.3) is 0 Å². The van der Waals surface area contributed by atoms with E-state index in [0.717, 1.165) is 55.6 Å². The highest BCUT2D eigenvalue weighted by Gasteiger charge is 2.45. The molecule has 318 valence electrons. The maximum absolute atomic E-state index is 6.25. The number of hydrogen-bond donors (Lipinski definition) is 0. The Morgan fingerprint density at radius 1 is 0.338 bits per heavy atom. The molecule has 0 amide bonds. The van der Waals surface area contributed by atoms with Crippen molar-refractivity contribution in [2.45, 2.75) is 5.41 Å². The molecule has 1 aliphatic rings. The Kier molecular flexibility index (Phi) is 8.50. The first-order chi connectivity index (χ1) is 33.7. The minimum Gasteiger partial charge on any atom is -0.456 e. The molecule has 14 rings (SSSR count). The summed E-state index contributed by atoms with van der Waals surface area (Å²) < 4.78 is 8.64. The second kappa shape index (κ2) is 15.1. The molecule has 2 heterocycles. The number of aromatic nitrogens is 1. The minimum atomic E-state index is -0.489. The Balaban J connectivity index is 0.961. The smallest absolute Gasteiger partial charge is 0.135 e. The zero-order valence-corrected chi connectivity index (χ0v) is 37.1. The second-order valence-electron chi connectivity index (χ2n) is 18.0. The van der Waals surface area contributed by atoms with Gasteiger partial charge in [-0.1, -0.05) is 182 Å². The van der Waals surface area contributed by atoms with Crippen LogP contribution in [0.4, 0.5) is 17.1 Å². The molecule has 0 fully saturated rings. The van der Waals surface area contributed by atoms with Gasteiger partial charge in [0.05, 0.1) is 22.1 Å². The van der Waals surface area contributed by atoms with E-state index in [-0.39, 0.29) is 0 Å². The van der Waals surface area contributed by atoms with Gasteiger partial charge in [-0.05, 0) is 123 Å². The van der Waals surface area contributed by atoms with Gasteiger partial charge in [0.1, 0.15) is 11.2 Å². The molecule has 3 nitrogen and oxygen atoms in total. The third kappa shape index (κ3) is 5.60. The Hall–Kier alpha value is -8.92. The van der Waals surface area contributed by atoms with E-state index in [1.165, 1.54) is 66.1 Å². The van der Waals surface area contributed by atoms with E-state index in [9.17, 15) is 0 Å². The Morgan fingerprint density at radius 2 is 0.853 bits per heavy atom. The van der Waals surface area contributed by atoms with Crippen molar-refractivity contribution in [2.24, 2.45) is 0 Å². The molecule has 0 atom stereocenters. The Bertz CT molecular complexity index is 3990. The number of rotatable bonds is 7. The van der Waals surface area contributed by atoms with Crippen LogP contribution in [0.1, 0.15) is 22.3 Å². The van der Waals surface area contributed by atoms with Crippen molar-refractivity contribution in [2.75, 3.05) is 4.90 Å². The third-order valence-electron chi connectivity index (χ3n) is 14.5. The van der Waals surface area contributed by atoms with Crippen LogP contribution in [0.3, 0.4) is 0 Å². The number of benzene rings is 11. The van der Waals surface area contributed by atoms with Crippen molar-refractivity contribution in [1.82, 2.24) is 4.57 Å². The largest absolute Gasteiger partial charge is 0.456 e. The van der Waals surface area contributed by atoms with E-state index in [0.29, 0.717) is 0 Å². The summed E-state index contributed by atoms with van der Waals surface area (Å²) in [4.78, 5) is 2.43. The van der Waals surface area contributed by atoms with E-state index in [2.05, 4.69) is 252 Å². The summed E-state index contributed by atoms with van der Waals surface area (Å²) in [6, 6.07) is 93.2. The van der Waals surface area contributed by atoms with Crippen LogP contribution < -0.4 is 4.90 Å². The van der Waals surface area contributed by atoms with Gasteiger partial charge in [0, 0.05) is 44.0 Å². The molecule has 3 heteroatoms. The fraction of sp³-hybridized carbons (Fsp3) is 0.0154. The summed E-state index contributed by atoms with van der Waals surface area (Å²) in [5.41, 5.74) is 18.1. The predicted octanol–water partition coefficient (Wildman–Crippen LogP) is 17.3. The Labute approximate surface area is 394 Å². The summed E-state index contributed by atoms with van der Waals surface area (Å²) in [7, 11) is 0. The van der Waals surface area contributed by atoms with E-state index >= 15 is 0 Å². The van der Waals surface area contributed by atoms with Gasteiger partial charge in [0.2, 0.25) is 0 Å². The van der Waals surface area contributed by atoms with Gasteiger partial charge >= 0.3 is 0 Å². The molecule has 0 unspecified atom stereocenters. The van der Waals surface area contributed by atoms with Gasteiger partial charge in [-0.3, -0.25) is 0 Å². The minimum absolute atomic E-state index is 0.489. The zero-order valence-electron chi connectivity index (χ0n) is 37.1. The molecule has 0 saturated heterocycles. The lowest BCUT2D eigenvalue weighted by Gasteiger charge is -2.34. The first kappa shape index (κ1) is 38.4. The van der Waals surface area contributed by atoms with Crippen LogP contribution in [-0.2, 0) is 5.41 Å². The summed E-state index contributed by atoms with van der Waals surface area (Å²) in [6.45, 7) is 0. The van der Waals surface area contributed by atoms with Crippen LogP contribution >= 0.6 is 0 Å². The fourth-order valence-corrected chi connectivity index (χ4v) is 11.6. The number of anilines is 3. The predicted molar refractivity (Wildman–Crippen MR) is 283 cm³/mol. The molecule has 13 aromatic rings. The number of fused-ring (bicyclic) bond motifs is 10.